The smallest absolute Gasteiger partial charge is 0.243 e. The molecule has 0 bridgehead atoms. The third-order valence-corrected chi connectivity index (χ3v) is 6.05. The number of nitrogens with zero attached hydrogens (tertiary/aromatic N) is 3. The van der Waals surface area contributed by atoms with Crippen LogP contribution in [0.25, 0.3) is 11.1 Å². The van der Waals surface area contributed by atoms with Gasteiger partial charge in [0.1, 0.15) is 5.82 Å². The number of aliphatic hydroxyl groups excluding tert-OH is 1. The summed E-state index contributed by atoms with van der Waals surface area (Å²) >= 11 is 0. The summed E-state index contributed by atoms with van der Waals surface area (Å²) in [6.07, 6.45) is 3.38. The van der Waals surface area contributed by atoms with Gasteiger partial charge in [-0.05, 0) is 23.3 Å². The number of sulfonamides is 1. The van der Waals surface area contributed by atoms with Crippen LogP contribution < -0.4 is 0 Å². The first-order chi connectivity index (χ1) is 12.5. The minimum absolute atomic E-state index is 0.00955. The Morgan fingerprint density at radius 2 is 1.69 bits per heavy atom. The minimum atomic E-state index is -3.74. The molecule has 0 aliphatic heterocycles. The normalized spacial score (nSPS) is 11.8. The molecule has 0 saturated carbocycles. The van der Waals surface area contributed by atoms with Crippen LogP contribution in [0.3, 0.4) is 0 Å². The van der Waals surface area contributed by atoms with Crippen LogP contribution in [0.15, 0.2) is 71.9 Å². The molecule has 3 aromatic rings. The van der Waals surface area contributed by atoms with Gasteiger partial charge >= 0.3 is 0 Å². The molecule has 0 radical (unpaired) electrons. The summed E-state index contributed by atoms with van der Waals surface area (Å²) in [5.41, 5.74) is 1.97. The highest BCUT2D eigenvalue weighted by Gasteiger charge is 2.25. The van der Waals surface area contributed by atoms with E-state index in [4.69, 9.17) is 0 Å². The first-order valence-corrected chi connectivity index (χ1v) is 9.69. The summed E-state index contributed by atoms with van der Waals surface area (Å²) < 4.78 is 29.0. The highest BCUT2D eigenvalue weighted by atomic mass is 32.2. The Labute approximate surface area is 153 Å². The second-order valence-electron chi connectivity index (χ2n) is 5.91. The zero-order chi connectivity index (χ0) is 18.6. The summed E-state index contributed by atoms with van der Waals surface area (Å²) in [6, 6.07) is 16.5. The Balaban J connectivity index is 1.88. The number of hydrogen-bond donors (Lipinski definition) is 1. The summed E-state index contributed by atoms with van der Waals surface area (Å²) in [7, 11) is -1.93. The van der Waals surface area contributed by atoms with Gasteiger partial charge < -0.3 is 9.67 Å². The van der Waals surface area contributed by atoms with Gasteiger partial charge in [-0.15, -0.1) is 0 Å². The lowest BCUT2D eigenvalue weighted by Crippen LogP contribution is -2.34. The van der Waals surface area contributed by atoms with Crippen molar-refractivity contribution in [2.24, 2.45) is 7.05 Å². The van der Waals surface area contributed by atoms with E-state index in [1.165, 1.54) is 4.31 Å². The van der Waals surface area contributed by atoms with Crippen molar-refractivity contribution in [3.8, 4) is 11.1 Å². The van der Waals surface area contributed by atoms with Gasteiger partial charge in [-0.2, -0.15) is 4.31 Å². The predicted molar refractivity (Wildman–Crippen MR) is 99.8 cm³/mol. The number of aromatic nitrogens is 2. The van der Waals surface area contributed by atoms with Crippen LogP contribution in [-0.4, -0.2) is 40.5 Å². The first-order valence-electron chi connectivity index (χ1n) is 8.25. The molecular formula is C19H21N3O3S. The van der Waals surface area contributed by atoms with Crippen LogP contribution in [0.1, 0.15) is 5.82 Å². The van der Waals surface area contributed by atoms with Crippen molar-refractivity contribution < 1.29 is 13.5 Å². The van der Waals surface area contributed by atoms with Crippen molar-refractivity contribution in [3.05, 3.63) is 72.8 Å². The summed E-state index contributed by atoms with van der Waals surface area (Å²) in [5.74, 6) is 0.614. The average molecular weight is 371 g/mol. The zero-order valence-electron chi connectivity index (χ0n) is 14.5. The van der Waals surface area contributed by atoms with Gasteiger partial charge in [-0.3, -0.25) is 0 Å². The number of rotatable bonds is 7. The van der Waals surface area contributed by atoms with E-state index in [0.29, 0.717) is 5.82 Å². The monoisotopic (exact) mass is 371 g/mol. The van der Waals surface area contributed by atoms with Gasteiger partial charge in [-0.1, -0.05) is 42.5 Å². The van der Waals surface area contributed by atoms with Gasteiger partial charge in [0.25, 0.3) is 0 Å². The average Bonchev–Trinajstić information content (AvgIpc) is 3.07. The fraction of sp³-hybridized carbons (Fsp3) is 0.211. The SMILES string of the molecule is Cn1ccnc1CN(CCO)S(=O)(=O)c1ccc(-c2ccccc2)cc1. The topological polar surface area (TPSA) is 75.4 Å². The van der Waals surface area contributed by atoms with Gasteiger partial charge in [0, 0.05) is 26.0 Å². The molecular weight excluding hydrogens is 350 g/mol. The van der Waals surface area contributed by atoms with Gasteiger partial charge in [0.15, 0.2) is 0 Å². The molecule has 136 valence electrons. The molecule has 0 spiro atoms. The lowest BCUT2D eigenvalue weighted by atomic mass is 10.1. The van der Waals surface area contributed by atoms with E-state index in [0.717, 1.165) is 11.1 Å². The highest BCUT2D eigenvalue weighted by Crippen LogP contribution is 2.23. The van der Waals surface area contributed by atoms with E-state index in [-0.39, 0.29) is 24.6 Å². The number of benzene rings is 2. The Kier molecular flexibility index (Phi) is 5.51. The number of aryl methyl sites for hydroxylation is 1. The second kappa shape index (κ2) is 7.82. The Morgan fingerprint density at radius 1 is 1.04 bits per heavy atom. The standard InChI is InChI=1S/C19H21N3O3S/c1-21-12-11-20-19(21)15-22(13-14-23)26(24,25)18-9-7-17(8-10-18)16-5-3-2-4-6-16/h2-12,23H,13-15H2,1H3. The van der Waals surface area contributed by atoms with Crippen LogP contribution in [0.4, 0.5) is 0 Å². The molecule has 26 heavy (non-hydrogen) atoms. The van der Waals surface area contributed by atoms with Crippen LogP contribution in [0, 0.1) is 0 Å². The van der Waals surface area contributed by atoms with Gasteiger partial charge in [0.05, 0.1) is 18.0 Å². The van der Waals surface area contributed by atoms with Crippen molar-refractivity contribution in [2.45, 2.75) is 11.4 Å². The maximum atomic E-state index is 13.0. The van der Waals surface area contributed by atoms with E-state index in [2.05, 4.69) is 4.98 Å². The van der Waals surface area contributed by atoms with Crippen molar-refractivity contribution in [1.82, 2.24) is 13.9 Å². The fourth-order valence-corrected chi connectivity index (χ4v) is 4.09. The first kappa shape index (κ1) is 18.3. The molecule has 3 rings (SSSR count). The van der Waals surface area contributed by atoms with E-state index in [9.17, 15) is 13.5 Å². The van der Waals surface area contributed by atoms with E-state index in [1.54, 1.807) is 48.3 Å². The molecule has 7 heteroatoms. The van der Waals surface area contributed by atoms with E-state index in [1.807, 2.05) is 30.3 Å². The van der Waals surface area contributed by atoms with Crippen molar-refractivity contribution in [2.75, 3.05) is 13.2 Å². The molecule has 1 heterocycles. The number of aliphatic hydroxyl groups is 1. The predicted octanol–water partition coefficient (Wildman–Crippen LogP) is 2.27. The molecule has 1 aromatic heterocycles. The fourth-order valence-electron chi connectivity index (χ4n) is 2.70. The molecule has 0 amide bonds. The Hall–Kier alpha value is -2.48. The van der Waals surface area contributed by atoms with Crippen LogP contribution in [0.2, 0.25) is 0 Å². The van der Waals surface area contributed by atoms with E-state index < -0.39 is 10.0 Å². The zero-order valence-corrected chi connectivity index (χ0v) is 15.3. The van der Waals surface area contributed by atoms with E-state index >= 15 is 0 Å². The molecule has 0 aliphatic rings. The second-order valence-corrected chi connectivity index (χ2v) is 7.84. The molecule has 1 N–H and O–H groups in total. The number of hydrogen-bond acceptors (Lipinski definition) is 4. The summed E-state index contributed by atoms with van der Waals surface area (Å²) in [6.45, 7) is -0.145. The molecule has 0 saturated heterocycles. The molecule has 0 fully saturated rings. The third kappa shape index (κ3) is 3.85. The highest BCUT2D eigenvalue weighted by molar-refractivity contribution is 7.89. The molecule has 0 aliphatic carbocycles. The summed E-state index contributed by atoms with van der Waals surface area (Å²) in [4.78, 5) is 4.37. The van der Waals surface area contributed by atoms with Crippen molar-refractivity contribution in [3.63, 3.8) is 0 Å². The van der Waals surface area contributed by atoms with Gasteiger partial charge in [-0.25, -0.2) is 13.4 Å². The quantitative estimate of drug-likeness (QED) is 0.691. The third-order valence-electron chi connectivity index (χ3n) is 4.19. The largest absolute Gasteiger partial charge is 0.395 e. The molecule has 0 atom stereocenters. The molecule has 6 nitrogen and oxygen atoms in total. The maximum absolute atomic E-state index is 13.0. The van der Waals surface area contributed by atoms with Crippen LogP contribution in [0.5, 0.6) is 0 Å². The molecule has 2 aromatic carbocycles. The van der Waals surface area contributed by atoms with Crippen molar-refractivity contribution >= 4 is 10.0 Å². The molecule has 0 unspecified atom stereocenters. The van der Waals surface area contributed by atoms with Crippen molar-refractivity contribution in [1.29, 1.82) is 0 Å². The van der Waals surface area contributed by atoms with Crippen LogP contribution in [-0.2, 0) is 23.6 Å². The maximum Gasteiger partial charge on any atom is 0.243 e. The lowest BCUT2D eigenvalue weighted by molar-refractivity contribution is 0.248. The Bertz CT molecular complexity index is 951. The van der Waals surface area contributed by atoms with Crippen LogP contribution >= 0.6 is 0 Å². The van der Waals surface area contributed by atoms with Gasteiger partial charge in [0.2, 0.25) is 10.0 Å². The minimum Gasteiger partial charge on any atom is -0.395 e. The number of imidazole rings is 1. The Morgan fingerprint density at radius 3 is 2.27 bits per heavy atom. The summed E-state index contributed by atoms with van der Waals surface area (Å²) in [5, 5.41) is 9.30. The lowest BCUT2D eigenvalue weighted by Gasteiger charge is -2.21.